The van der Waals surface area contributed by atoms with E-state index in [-0.39, 0.29) is 17.3 Å². The Kier molecular flexibility index (Phi) is 11.6. The number of fused-ring (bicyclic) bond motifs is 2. The molecule has 256 valence electrons. The van der Waals surface area contributed by atoms with Gasteiger partial charge < -0.3 is 19.0 Å². The van der Waals surface area contributed by atoms with Crippen molar-refractivity contribution < 1.29 is 23.4 Å². The van der Waals surface area contributed by atoms with E-state index in [0.717, 1.165) is 54.3 Å². The monoisotopic (exact) mass is 643 g/mol. The fourth-order valence-electron chi connectivity index (χ4n) is 7.57. The molecule has 0 atom stereocenters. The Labute approximate surface area is 285 Å². The molecule has 0 saturated heterocycles. The van der Waals surface area contributed by atoms with Crippen LogP contribution in [0.25, 0.3) is 0 Å². The molecule has 0 radical (unpaired) electrons. The number of rotatable bonds is 17. The van der Waals surface area contributed by atoms with Gasteiger partial charge in [-0.05, 0) is 51.3 Å². The summed E-state index contributed by atoms with van der Waals surface area (Å²) in [6.07, 6.45) is 12.2. The first kappa shape index (κ1) is 36.6. The fourth-order valence-corrected chi connectivity index (χ4v) is 7.57. The van der Waals surface area contributed by atoms with Crippen LogP contribution in [0.3, 0.4) is 0 Å². The van der Waals surface area contributed by atoms with Gasteiger partial charge in [0, 0.05) is 53.9 Å². The predicted molar refractivity (Wildman–Crippen MR) is 198 cm³/mol. The lowest BCUT2D eigenvalue weighted by Crippen LogP contribution is -2.46. The van der Waals surface area contributed by atoms with Gasteiger partial charge in [0.1, 0.15) is 0 Å². The largest absolute Gasteiger partial charge is 0.481 e. The van der Waals surface area contributed by atoms with Crippen LogP contribution in [0.2, 0.25) is 0 Å². The molecule has 0 unspecified atom stereocenters. The Bertz CT molecular complexity index is 1490. The van der Waals surface area contributed by atoms with Crippen LogP contribution >= 0.6 is 0 Å². The summed E-state index contributed by atoms with van der Waals surface area (Å²) >= 11 is 0. The highest BCUT2D eigenvalue weighted by atomic mass is 16.4. The van der Waals surface area contributed by atoms with Gasteiger partial charge in [0.25, 0.3) is 0 Å². The van der Waals surface area contributed by atoms with Crippen LogP contribution in [0, 0.1) is 0 Å². The van der Waals surface area contributed by atoms with E-state index in [1.165, 1.54) is 60.0 Å². The molecule has 2 aliphatic heterocycles. The minimum Gasteiger partial charge on any atom is -0.481 e. The van der Waals surface area contributed by atoms with Crippen molar-refractivity contribution >= 4 is 23.1 Å². The predicted octanol–water partition coefficient (Wildman–Crippen LogP) is 7.90. The van der Waals surface area contributed by atoms with Crippen LogP contribution in [0.15, 0.2) is 72.5 Å². The number of hydrogen-bond donors (Lipinski definition) is 1. The summed E-state index contributed by atoms with van der Waals surface area (Å²) in [7, 11) is 9.46. The number of carbonyl (C=O) groups is 1. The maximum Gasteiger partial charge on any atom is 0.303 e. The minimum atomic E-state index is -0.708. The lowest BCUT2D eigenvalue weighted by Gasteiger charge is -2.32. The lowest BCUT2D eigenvalue weighted by molar-refractivity contribution is -0.909. The standard InChI is InChI=1S/C41H62N4O2/c1-10-44(6,7)31-20-32-45(8,9)30-19-29-43-36-24-16-14-22-34(36)41(4,5)38(43)26-18-25-37-40(2,3)33-21-13-15-23-35(33)42(37)28-17-11-12-27-39(46)47/h13-16,18,21-26H,10-12,17,19-20,27-32H2,1-9H3/q+2/p+1. The number of para-hydroxylation sites is 2. The maximum absolute atomic E-state index is 11.0. The molecule has 4 rings (SSSR count). The highest BCUT2D eigenvalue weighted by Gasteiger charge is 2.44. The molecule has 0 spiro atoms. The van der Waals surface area contributed by atoms with Crippen molar-refractivity contribution in [2.45, 2.75) is 84.0 Å². The van der Waals surface area contributed by atoms with E-state index in [9.17, 15) is 4.79 Å². The Morgan fingerprint density at radius 3 is 2.15 bits per heavy atom. The Hall–Kier alpha value is -3.22. The van der Waals surface area contributed by atoms with Gasteiger partial charge in [0.05, 0.1) is 66.2 Å². The van der Waals surface area contributed by atoms with E-state index in [4.69, 9.17) is 5.11 Å². The van der Waals surface area contributed by atoms with Crippen molar-refractivity contribution in [3.63, 3.8) is 0 Å². The van der Waals surface area contributed by atoms with Crippen LogP contribution in [0.1, 0.15) is 84.3 Å². The molecule has 1 N–H and O–H groups in total. The molecular formula is C41H63N4O2+3. The molecule has 0 bridgehead atoms. The van der Waals surface area contributed by atoms with Crippen molar-refractivity contribution in [3.05, 3.63) is 83.6 Å². The molecule has 0 amide bonds. The number of nitrogens with zero attached hydrogens (tertiary/aromatic N) is 4. The zero-order valence-corrected chi connectivity index (χ0v) is 31.0. The SMILES string of the molecule is CC[N+](C)(C)CCC[N+](C)(C)CCC[N+]1=C(/C=C/C=C2/N(CCCCCC(=O)O)c3ccccc3C2(C)C)C(C)(C)c2ccccc21. The molecule has 2 aromatic rings. The van der Waals surface area contributed by atoms with Crippen molar-refractivity contribution in [3.8, 4) is 0 Å². The number of carboxylic acids is 1. The number of aliphatic carboxylic acids is 1. The third-order valence-electron chi connectivity index (χ3n) is 10.9. The fraction of sp³-hybridized carbons (Fsp3) is 0.561. The third-order valence-corrected chi connectivity index (χ3v) is 10.9. The van der Waals surface area contributed by atoms with Gasteiger partial charge in [0.15, 0.2) is 12.3 Å². The molecule has 0 aromatic heterocycles. The van der Waals surface area contributed by atoms with E-state index in [0.29, 0.717) is 0 Å². The van der Waals surface area contributed by atoms with Crippen molar-refractivity contribution in [1.29, 1.82) is 0 Å². The summed E-state index contributed by atoms with van der Waals surface area (Å²) in [5, 5.41) is 9.08. The first-order chi connectivity index (χ1) is 22.1. The van der Waals surface area contributed by atoms with Gasteiger partial charge in [-0.15, -0.1) is 0 Å². The summed E-state index contributed by atoms with van der Waals surface area (Å²) in [5.41, 5.74) is 7.83. The zero-order chi connectivity index (χ0) is 34.5. The molecule has 0 fully saturated rings. The summed E-state index contributed by atoms with van der Waals surface area (Å²) < 4.78 is 4.73. The number of hydrogen-bond acceptors (Lipinski definition) is 2. The minimum absolute atomic E-state index is 0.0857. The van der Waals surface area contributed by atoms with E-state index >= 15 is 0 Å². The smallest absolute Gasteiger partial charge is 0.303 e. The van der Waals surface area contributed by atoms with Crippen LogP contribution < -0.4 is 4.90 Å². The van der Waals surface area contributed by atoms with Crippen molar-refractivity contribution in [1.82, 2.24) is 0 Å². The summed E-state index contributed by atoms with van der Waals surface area (Å²) in [6.45, 7) is 18.3. The highest BCUT2D eigenvalue weighted by molar-refractivity contribution is 6.03. The first-order valence-corrected chi connectivity index (χ1v) is 18.0. The molecule has 2 aromatic carbocycles. The topological polar surface area (TPSA) is 43.5 Å². The second kappa shape index (κ2) is 14.9. The van der Waals surface area contributed by atoms with E-state index < -0.39 is 5.97 Å². The van der Waals surface area contributed by atoms with Crippen molar-refractivity contribution in [2.75, 3.05) is 72.4 Å². The second-order valence-corrected chi connectivity index (χ2v) is 16.2. The maximum atomic E-state index is 11.0. The van der Waals surface area contributed by atoms with Crippen molar-refractivity contribution in [2.24, 2.45) is 0 Å². The van der Waals surface area contributed by atoms with Crippen LogP contribution in [0.4, 0.5) is 11.4 Å². The molecule has 47 heavy (non-hydrogen) atoms. The van der Waals surface area contributed by atoms with E-state index in [1.807, 2.05) is 0 Å². The van der Waals surface area contributed by atoms with Crippen LogP contribution in [-0.4, -0.2) is 97.8 Å². The Morgan fingerprint density at radius 2 is 1.45 bits per heavy atom. The molecular weight excluding hydrogens is 580 g/mol. The third kappa shape index (κ3) is 8.63. The van der Waals surface area contributed by atoms with Gasteiger partial charge in [-0.3, -0.25) is 4.79 Å². The quantitative estimate of drug-likeness (QED) is 0.108. The van der Waals surface area contributed by atoms with Gasteiger partial charge in [-0.1, -0.05) is 62.7 Å². The number of allylic oxidation sites excluding steroid dienone is 4. The number of unbranched alkanes of at least 4 members (excludes halogenated alkanes) is 2. The molecule has 0 saturated carbocycles. The average molecular weight is 644 g/mol. The number of carboxylic acid groups (broad SMARTS) is 1. The number of anilines is 1. The van der Waals surface area contributed by atoms with Gasteiger partial charge in [-0.2, -0.15) is 4.58 Å². The highest BCUT2D eigenvalue weighted by Crippen LogP contribution is 2.48. The van der Waals surface area contributed by atoms with E-state index in [2.05, 4.69) is 139 Å². The van der Waals surface area contributed by atoms with Gasteiger partial charge in [-0.25, -0.2) is 0 Å². The summed E-state index contributed by atoms with van der Waals surface area (Å²) in [4.78, 5) is 13.5. The van der Waals surface area contributed by atoms with Gasteiger partial charge >= 0.3 is 5.97 Å². The zero-order valence-electron chi connectivity index (χ0n) is 31.0. The van der Waals surface area contributed by atoms with E-state index in [1.54, 1.807) is 0 Å². The van der Waals surface area contributed by atoms with Gasteiger partial charge in [0.2, 0.25) is 5.69 Å². The molecule has 0 aliphatic carbocycles. The molecule has 6 heteroatoms. The summed E-state index contributed by atoms with van der Waals surface area (Å²) in [5.74, 6) is -0.708. The Morgan fingerprint density at radius 1 is 0.809 bits per heavy atom. The number of benzene rings is 2. The molecule has 2 aliphatic rings. The lowest BCUT2D eigenvalue weighted by atomic mass is 9.81. The molecule has 2 heterocycles. The first-order valence-electron chi connectivity index (χ1n) is 18.0. The van der Waals surface area contributed by atoms with Crippen LogP contribution in [0.5, 0.6) is 0 Å². The number of quaternary nitrogens is 2. The second-order valence-electron chi connectivity index (χ2n) is 16.2. The molecule has 6 nitrogen and oxygen atoms in total. The summed E-state index contributed by atoms with van der Waals surface area (Å²) in [6, 6.07) is 17.7. The normalized spacial score (nSPS) is 18.0. The van der Waals surface area contributed by atoms with Crippen LogP contribution in [-0.2, 0) is 15.6 Å². The average Bonchev–Trinajstić information content (AvgIpc) is 3.35. The Balaban J connectivity index is 1.56.